The number of sulfone groups is 1. The van der Waals surface area contributed by atoms with Gasteiger partial charge in [0.25, 0.3) is 0 Å². The zero-order chi connectivity index (χ0) is 7.19. The molecule has 2 fully saturated rings. The van der Waals surface area contributed by atoms with Gasteiger partial charge < -0.3 is 0 Å². The molecule has 0 aromatic heterocycles. The van der Waals surface area contributed by atoms with E-state index in [1.54, 1.807) is 0 Å². The van der Waals surface area contributed by atoms with Crippen molar-refractivity contribution in [2.75, 3.05) is 5.75 Å². The summed E-state index contributed by atoms with van der Waals surface area (Å²) in [4.78, 5) is 0. The Morgan fingerprint density at radius 3 is 2.60 bits per heavy atom. The van der Waals surface area contributed by atoms with E-state index in [-0.39, 0.29) is 5.25 Å². The van der Waals surface area contributed by atoms with E-state index in [1.807, 2.05) is 0 Å². The second-order valence-corrected chi connectivity index (χ2v) is 5.72. The Balaban J connectivity index is 2.32. The molecule has 1 heterocycles. The van der Waals surface area contributed by atoms with Crippen LogP contribution in [0.15, 0.2) is 0 Å². The number of rotatable bonds is 0. The van der Waals surface area contributed by atoms with Gasteiger partial charge in [-0.2, -0.15) is 0 Å². The molecular weight excluding hydrogens is 148 g/mol. The summed E-state index contributed by atoms with van der Waals surface area (Å²) in [6.07, 6.45) is 4.17. The van der Waals surface area contributed by atoms with Crippen molar-refractivity contribution in [2.45, 2.75) is 30.9 Å². The fraction of sp³-hybridized carbons (Fsp3) is 1.00. The number of hydrogen-bond acceptors (Lipinski definition) is 2. The first-order valence-electron chi connectivity index (χ1n) is 3.92. The van der Waals surface area contributed by atoms with E-state index in [9.17, 15) is 8.42 Å². The van der Waals surface area contributed by atoms with E-state index in [0.717, 1.165) is 25.7 Å². The van der Waals surface area contributed by atoms with Crippen LogP contribution in [0.3, 0.4) is 0 Å². The molecule has 0 spiro atoms. The fourth-order valence-electron chi connectivity index (χ4n) is 2.27. The Bertz CT molecular complexity index is 230. The lowest BCUT2D eigenvalue weighted by molar-refractivity contribution is 0.554. The van der Waals surface area contributed by atoms with Crippen LogP contribution in [-0.2, 0) is 9.84 Å². The second-order valence-electron chi connectivity index (χ2n) is 3.39. The van der Waals surface area contributed by atoms with Gasteiger partial charge in [-0.15, -0.1) is 0 Å². The van der Waals surface area contributed by atoms with Crippen LogP contribution in [-0.4, -0.2) is 19.4 Å². The Labute approximate surface area is 61.5 Å². The first-order valence-corrected chi connectivity index (χ1v) is 5.63. The molecule has 3 heteroatoms. The molecule has 0 amide bonds. The molecule has 0 aromatic rings. The van der Waals surface area contributed by atoms with Crippen LogP contribution in [0.25, 0.3) is 0 Å². The van der Waals surface area contributed by atoms with Crippen molar-refractivity contribution >= 4 is 9.84 Å². The smallest absolute Gasteiger partial charge is 0.153 e. The highest BCUT2D eigenvalue weighted by atomic mass is 32.2. The first kappa shape index (κ1) is 6.65. The molecule has 0 N–H and O–H groups in total. The molecule has 2 rings (SSSR count). The predicted octanol–water partition coefficient (Wildman–Crippen LogP) is 0.974. The van der Waals surface area contributed by atoms with E-state index in [2.05, 4.69) is 0 Å². The SMILES string of the molecule is O=S1(=O)CCC2CCCC21. The average molecular weight is 160 g/mol. The third-order valence-electron chi connectivity index (χ3n) is 2.82. The second kappa shape index (κ2) is 1.97. The van der Waals surface area contributed by atoms with E-state index >= 15 is 0 Å². The predicted molar refractivity (Wildman–Crippen MR) is 39.5 cm³/mol. The number of hydrogen-bond donors (Lipinski definition) is 0. The molecule has 1 saturated carbocycles. The largest absolute Gasteiger partial charge is 0.229 e. The van der Waals surface area contributed by atoms with Crippen LogP contribution < -0.4 is 0 Å². The average Bonchev–Trinajstić information content (AvgIpc) is 2.36. The van der Waals surface area contributed by atoms with Crippen molar-refractivity contribution in [3.05, 3.63) is 0 Å². The lowest BCUT2D eigenvalue weighted by Crippen LogP contribution is -2.16. The zero-order valence-electron chi connectivity index (χ0n) is 5.91. The van der Waals surface area contributed by atoms with Gasteiger partial charge in [-0.05, 0) is 25.2 Å². The van der Waals surface area contributed by atoms with Gasteiger partial charge in [-0.25, -0.2) is 8.42 Å². The molecule has 58 valence electrons. The Morgan fingerprint density at radius 2 is 1.90 bits per heavy atom. The summed E-state index contributed by atoms with van der Waals surface area (Å²) in [6.45, 7) is 0. The molecule has 10 heavy (non-hydrogen) atoms. The minimum atomic E-state index is -2.62. The van der Waals surface area contributed by atoms with Gasteiger partial charge >= 0.3 is 0 Å². The van der Waals surface area contributed by atoms with Crippen LogP contribution in [0.1, 0.15) is 25.7 Å². The van der Waals surface area contributed by atoms with E-state index < -0.39 is 9.84 Å². The van der Waals surface area contributed by atoms with Gasteiger partial charge in [-0.1, -0.05) is 6.42 Å². The highest BCUT2D eigenvalue weighted by Gasteiger charge is 2.42. The van der Waals surface area contributed by atoms with E-state index in [1.165, 1.54) is 0 Å². The minimum absolute atomic E-state index is 0.0625. The fourth-order valence-corrected chi connectivity index (χ4v) is 4.59. The van der Waals surface area contributed by atoms with Gasteiger partial charge in [0.2, 0.25) is 0 Å². The van der Waals surface area contributed by atoms with Gasteiger partial charge in [0, 0.05) is 0 Å². The van der Waals surface area contributed by atoms with Crippen LogP contribution >= 0.6 is 0 Å². The zero-order valence-corrected chi connectivity index (χ0v) is 6.73. The molecule has 0 radical (unpaired) electrons. The maximum Gasteiger partial charge on any atom is 0.153 e. The van der Waals surface area contributed by atoms with Gasteiger partial charge in [-0.3, -0.25) is 0 Å². The summed E-state index contributed by atoms with van der Waals surface area (Å²) < 4.78 is 22.5. The maximum absolute atomic E-state index is 11.2. The Hall–Kier alpha value is -0.0500. The minimum Gasteiger partial charge on any atom is -0.229 e. The van der Waals surface area contributed by atoms with Crippen molar-refractivity contribution in [1.29, 1.82) is 0 Å². The summed E-state index contributed by atoms with van der Waals surface area (Å²) in [7, 11) is -2.62. The van der Waals surface area contributed by atoms with E-state index in [0.29, 0.717) is 11.7 Å². The monoisotopic (exact) mass is 160 g/mol. The van der Waals surface area contributed by atoms with E-state index in [4.69, 9.17) is 0 Å². The summed E-state index contributed by atoms with van der Waals surface area (Å²) in [5.74, 6) is 0.993. The maximum atomic E-state index is 11.2. The normalized spacial score (nSPS) is 43.6. The topological polar surface area (TPSA) is 34.1 Å². The van der Waals surface area contributed by atoms with Crippen LogP contribution in [0.2, 0.25) is 0 Å². The molecular formula is C7H12O2S. The van der Waals surface area contributed by atoms with Crippen molar-refractivity contribution in [2.24, 2.45) is 5.92 Å². The molecule has 1 aliphatic heterocycles. The van der Waals surface area contributed by atoms with Gasteiger partial charge in [0.1, 0.15) is 0 Å². The highest BCUT2D eigenvalue weighted by molar-refractivity contribution is 7.92. The van der Waals surface area contributed by atoms with Crippen molar-refractivity contribution < 1.29 is 8.42 Å². The molecule has 0 aromatic carbocycles. The molecule has 2 aliphatic rings. The van der Waals surface area contributed by atoms with Gasteiger partial charge in [0.15, 0.2) is 9.84 Å². The third kappa shape index (κ3) is 0.797. The summed E-state index contributed by atoms with van der Waals surface area (Å²) in [6, 6.07) is 0. The van der Waals surface area contributed by atoms with Crippen LogP contribution in [0.4, 0.5) is 0 Å². The highest BCUT2D eigenvalue weighted by Crippen LogP contribution is 2.39. The molecule has 2 unspecified atom stereocenters. The van der Waals surface area contributed by atoms with Crippen molar-refractivity contribution in [3.63, 3.8) is 0 Å². The lowest BCUT2D eigenvalue weighted by Gasteiger charge is -2.04. The standard InChI is InChI=1S/C7H12O2S/c8-10(9)5-4-6-2-1-3-7(6)10/h6-7H,1-5H2. The number of fused-ring (bicyclic) bond motifs is 1. The lowest BCUT2D eigenvalue weighted by atomic mass is 10.1. The summed E-state index contributed by atoms with van der Waals surface area (Å²) in [5.41, 5.74) is 0. The summed E-state index contributed by atoms with van der Waals surface area (Å²) >= 11 is 0. The Morgan fingerprint density at radius 1 is 1.10 bits per heavy atom. The molecule has 1 aliphatic carbocycles. The van der Waals surface area contributed by atoms with Crippen molar-refractivity contribution in [1.82, 2.24) is 0 Å². The quantitative estimate of drug-likeness (QED) is 0.529. The third-order valence-corrected chi connectivity index (χ3v) is 5.17. The molecule has 1 saturated heterocycles. The first-order chi connectivity index (χ1) is 4.70. The molecule has 2 nitrogen and oxygen atoms in total. The van der Waals surface area contributed by atoms with Gasteiger partial charge in [0.05, 0.1) is 11.0 Å². The molecule has 0 bridgehead atoms. The van der Waals surface area contributed by atoms with Crippen LogP contribution in [0, 0.1) is 5.92 Å². The molecule has 2 atom stereocenters. The Kier molecular flexibility index (Phi) is 1.31. The van der Waals surface area contributed by atoms with Crippen LogP contribution in [0.5, 0.6) is 0 Å². The van der Waals surface area contributed by atoms with Crippen molar-refractivity contribution in [3.8, 4) is 0 Å². The summed E-state index contributed by atoms with van der Waals surface area (Å²) in [5, 5.41) is 0.0625.